The predicted octanol–water partition coefficient (Wildman–Crippen LogP) is 1.58. The lowest BCUT2D eigenvalue weighted by Gasteiger charge is -2.35. The molecule has 0 saturated carbocycles. The molecule has 2 heterocycles. The number of ether oxygens (including phenoxy) is 1. The van der Waals surface area contributed by atoms with Crippen molar-refractivity contribution in [3.63, 3.8) is 0 Å². The van der Waals surface area contributed by atoms with E-state index in [1.54, 1.807) is 0 Å². The first kappa shape index (κ1) is 15.8. The fourth-order valence-corrected chi connectivity index (χ4v) is 2.79. The molecular formula is C14H25ClN4O. The summed E-state index contributed by atoms with van der Waals surface area (Å²) in [5.41, 5.74) is 1.99. The lowest BCUT2D eigenvalue weighted by Crippen LogP contribution is -2.50. The number of hydrogen-bond donors (Lipinski definition) is 1. The van der Waals surface area contributed by atoms with Crippen LogP contribution < -0.4 is 5.32 Å². The standard InChI is InChI=1S/C14H25ClN4O/c1-4-5-16-8-12-10-20-7-6-19(12)9-13-14(15)11(2)17-18(13)3/h12,16H,4-10H2,1-3H3. The first-order valence-electron chi connectivity index (χ1n) is 7.34. The van der Waals surface area contributed by atoms with Crippen LogP contribution in [-0.2, 0) is 18.3 Å². The highest BCUT2D eigenvalue weighted by Crippen LogP contribution is 2.22. The molecule has 0 aliphatic carbocycles. The van der Waals surface area contributed by atoms with Gasteiger partial charge in [0.2, 0.25) is 0 Å². The second kappa shape index (κ2) is 7.41. The SMILES string of the molecule is CCCNCC1COCCN1Cc1c(Cl)c(C)nn1C. The predicted molar refractivity (Wildman–Crippen MR) is 81.1 cm³/mol. The molecule has 1 unspecified atom stereocenters. The monoisotopic (exact) mass is 300 g/mol. The Labute approximate surface area is 126 Å². The van der Waals surface area contributed by atoms with Crippen molar-refractivity contribution in [1.82, 2.24) is 20.0 Å². The maximum absolute atomic E-state index is 6.35. The number of rotatable bonds is 6. The van der Waals surface area contributed by atoms with Gasteiger partial charge in [-0.1, -0.05) is 18.5 Å². The number of aryl methyl sites for hydroxylation is 2. The van der Waals surface area contributed by atoms with Gasteiger partial charge in [-0.05, 0) is 19.9 Å². The number of nitrogens with zero attached hydrogens (tertiary/aromatic N) is 3. The van der Waals surface area contributed by atoms with Gasteiger partial charge in [0.1, 0.15) is 0 Å². The Balaban J connectivity index is 2.00. The Morgan fingerprint density at radius 1 is 1.50 bits per heavy atom. The van der Waals surface area contributed by atoms with Crippen LogP contribution >= 0.6 is 11.6 Å². The average molecular weight is 301 g/mol. The van der Waals surface area contributed by atoms with Crippen LogP contribution in [0, 0.1) is 6.92 Å². The molecule has 20 heavy (non-hydrogen) atoms. The van der Waals surface area contributed by atoms with Gasteiger partial charge >= 0.3 is 0 Å². The first-order valence-corrected chi connectivity index (χ1v) is 7.71. The molecular weight excluding hydrogens is 276 g/mol. The van der Waals surface area contributed by atoms with Gasteiger partial charge in [-0.3, -0.25) is 9.58 Å². The molecule has 5 nitrogen and oxygen atoms in total. The molecule has 0 amide bonds. The smallest absolute Gasteiger partial charge is 0.0860 e. The summed E-state index contributed by atoms with van der Waals surface area (Å²) in [5, 5.41) is 8.66. The van der Waals surface area contributed by atoms with Crippen LogP contribution in [-0.4, -0.2) is 53.6 Å². The van der Waals surface area contributed by atoms with Gasteiger partial charge in [-0.25, -0.2) is 0 Å². The molecule has 0 aromatic carbocycles. The van der Waals surface area contributed by atoms with Crippen LogP contribution in [0.15, 0.2) is 0 Å². The van der Waals surface area contributed by atoms with Gasteiger partial charge in [0.05, 0.1) is 29.6 Å². The molecule has 1 atom stereocenters. The Morgan fingerprint density at radius 2 is 2.30 bits per heavy atom. The zero-order valence-corrected chi connectivity index (χ0v) is 13.4. The van der Waals surface area contributed by atoms with E-state index in [4.69, 9.17) is 16.3 Å². The molecule has 0 radical (unpaired) electrons. The minimum Gasteiger partial charge on any atom is -0.378 e. The Bertz CT molecular complexity index is 435. The lowest BCUT2D eigenvalue weighted by molar-refractivity contribution is -0.0118. The van der Waals surface area contributed by atoms with Crippen molar-refractivity contribution in [3.05, 3.63) is 16.4 Å². The molecule has 1 saturated heterocycles. The van der Waals surface area contributed by atoms with E-state index in [0.717, 1.165) is 62.2 Å². The van der Waals surface area contributed by atoms with Gasteiger partial charge in [-0.2, -0.15) is 5.10 Å². The minimum absolute atomic E-state index is 0.404. The third-order valence-corrected chi connectivity index (χ3v) is 4.26. The van der Waals surface area contributed by atoms with Gasteiger partial charge in [0.15, 0.2) is 0 Å². The molecule has 114 valence electrons. The van der Waals surface area contributed by atoms with E-state index in [1.807, 2.05) is 18.7 Å². The van der Waals surface area contributed by atoms with Crippen LogP contribution in [0.2, 0.25) is 5.02 Å². The summed E-state index contributed by atoms with van der Waals surface area (Å²) < 4.78 is 7.50. The maximum atomic E-state index is 6.35. The van der Waals surface area contributed by atoms with Crippen molar-refractivity contribution in [2.24, 2.45) is 7.05 Å². The number of aromatic nitrogens is 2. The topological polar surface area (TPSA) is 42.3 Å². The molecule has 2 rings (SSSR count). The summed E-state index contributed by atoms with van der Waals surface area (Å²) in [6, 6.07) is 0.404. The van der Waals surface area contributed by atoms with Crippen LogP contribution in [0.5, 0.6) is 0 Å². The zero-order chi connectivity index (χ0) is 14.5. The Hall–Kier alpha value is -0.620. The average Bonchev–Trinajstić information content (AvgIpc) is 2.67. The molecule has 1 N–H and O–H groups in total. The highest BCUT2D eigenvalue weighted by atomic mass is 35.5. The number of halogens is 1. The number of nitrogens with one attached hydrogen (secondary N) is 1. The normalized spacial score (nSPS) is 20.5. The molecule has 1 aliphatic heterocycles. The first-order chi connectivity index (χ1) is 9.63. The van der Waals surface area contributed by atoms with E-state index in [9.17, 15) is 0 Å². The van der Waals surface area contributed by atoms with E-state index >= 15 is 0 Å². The minimum atomic E-state index is 0.404. The van der Waals surface area contributed by atoms with Crippen LogP contribution in [0.1, 0.15) is 24.7 Å². The molecule has 1 fully saturated rings. The van der Waals surface area contributed by atoms with Crippen LogP contribution in [0.4, 0.5) is 0 Å². The quantitative estimate of drug-likeness (QED) is 0.810. The number of hydrogen-bond acceptors (Lipinski definition) is 4. The van der Waals surface area contributed by atoms with Crippen molar-refractivity contribution < 1.29 is 4.74 Å². The molecule has 0 bridgehead atoms. The zero-order valence-electron chi connectivity index (χ0n) is 12.7. The lowest BCUT2D eigenvalue weighted by atomic mass is 10.2. The largest absolute Gasteiger partial charge is 0.378 e. The maximum Gasteiger partial charge on any atom is 0.0860 e. The molecule has 1 aliphatic rings. The van der Waals surface area contributed by atoms with Crippen molar-refractivity contribution in [3.8, 4) is 0 Å². The molecule has 6 heteroatoms. The number of morpholine rings is 1. The van der Waals surface area contributed by atoms with Gasteiger partial charge in [0, 0.05) is 32.7 Å². The second-order valence-corrected chi connectivity index (χ2v) is 5.75. The van der Waals surface area contributed by atoms with Crippen molar-refractivity contribution in [2.75, 3.05) is 32.8 Å². The highest BCUT2D eigenvalue weighted by Gasteiger charge is 2.25. The summed E-state index contributed by atoms with van der Waals surface area (Å²) >= 11 is 6.35. The van der Waals surface area contributed by atoms with Crippen LogP contribution in [0.3, 0.4) is 0 Å². The second-order valence-electron chi connectivity index (χ2n) is 5.37. The van der Waals surface area contributed by atoms with E-state index in [0.29, 0.717) is 6.04 Å². The van der Waals surface area contributed by atoms with Crippen LogP contribution in [0.25, 0.3) is 0 Å². The Morgan fingerprint density at radius 3 is 2.95 bits per heavy atom. The van der Waals surface area contributed by atoms with E-state index in [-0.39, 0.29) is 0 Å². The van der Waals surface area contributed by atoms with Crippen molar-refractivity contribution >= 4 is 11.6 Å². The summed E-state index contributed by atoms with van der Waals surface area (Å²) in [6.07, 6.45) is 1.15. The highest BCUT2D eigenvalue weighted by molar-refractivity contribution is 6.31. The summed E-state index contributed by atoms with van der Waals surface area (Å²) in [4.78, 5) is 2.44. The van der Waals surface area contributed by atoms with E-state index in [1.165, 1.54) is 0 Å². The van der Waals surface area contributed by atoms with Crippen molar-refractivity contribution in [2.45, 2.75) is 32.9 Å². The van der Waals surface area contributed by atoms with E-state index < -0.39 is 0 Å². The summed E-state index contributed by atoms with van der Waals surface area (Å²) in [5.74, 6) is 0. The summed E-state index contributed by atoms with van der Waals surface area (Å²) in [6.45, 7) is 9.49. The third kappa shape index (κ3) is 3.73. The molecule has 0 spiro atoms. The van der Waals surface area contributed by atoms with Gasteiger partial charge in [0.25, 0.3) is 0 Å². The summed E-state index contributed by atoms with van der Waals surface area (Å²) in [7, 11) is 1.96. The van der Waals surface area contributed by atoms with E-state index in [2.05, 4.69) is 22.2 Å². The van der Waals surface area contributed by atoms with Gasteiger partial charge < -0.3 is 10.1 Å². The molecule has 1 aromatic heterocycles. The fraction of sp³-hybridized carbons (Fsp3) is 0.786. The Kier molecular flexibility index (Phi) is 5.84. The molecule has 1 aromatic rings. The van der Waals surface area contributed by atoms with Gasteiger partial charge in [-0.15, -0.1) is 0 Å². The van der Waals surface area contributed by atoms with Crippen molar-refractivity contribution in [1.29, 1.82) is 0 Å². The third-order valence-electron chi connectivity index (χ3n) is 3.77. The fourth-order valence-electron chi connectivity index (χ4n) is 2.58.